The fraction of sp³-hybridized carbons (Fsp3) is 0.389. The van der Waals surface area contributed by atoms with Crippen LogP contribution in [0.5, 0.6) is 0 Å². The van der Waals surface area contributed by atoms with Crippen LogP contribution in [0.25, 0.3) is 0 Å². The summed E-state index contributed by atoms with van der Waals surface area (Å²) in [5, 5.41) is 18.7. The highest BCUT2D eigenvalue weighted by molar-refractivity contribution is 5.77. The standard InChI is InChI=1S/C18H24O4/c1-4-5-9-14(2)16(15-10-7-6-8-11-15)22-17(21)18(3,12-19)13-20/h4-11,16,19-20H,12-13H2,1-3H3/b5-4-,14-9+. The molecule has 0 spiro atoms. The summed E-state index contributed by atoms with van der Waals surface area (Å²) < 4.78 is 5.58. The summed E-state index contributed by atoms with van der Waals surface area (Å²) in [7, 11) is 0. The number of aliphatic hydroxyl groups is 2. The first kappa shape index (κ1) is 18.1. The summed E-state index contributed by atoms with van der Waals surface area (Å²) in [6.07, 6.45) is 5.08. The number of rotatable bonds is 7. The largest absolute Gasteiger partial charge is 0.452 e. The first-order valence-corrected chi connectivity index (χ1v) is 7.25. The number of carbonyl (C=O) groups excluding carboxylic acids is 1. The van der Waals surface area contributed by atoms with Crippen LogP contribution in [-0.2, 0) is 9.53 Å². The lowest BCUT2D eigenvalue weighted by atomic mass is 9.93. The van der Waals surface area contributed by atoms with Crippen LogP contribution in [0.3, 0.4) is 0 Å². The van der Waals surface area contributed by atoms with Gasteiger partial charge in [-0.3, -0.25) is 4.79 Å². The lowest BCUT2D eigenvalue weighted by Crippen LogP contribution is -2.37. The minimum atomic E-state index is -1.31. The number of esters is 1. The van der Waals surface area contributed by atoms with Crippen molar-refractivity contribution >= 4 is 5.97 Å². The Kier molecular flexibility index (Phi) is 7.02. The van der Waals surface area contributed by atoms with Crippen LogP contribution in [0.15, 0.2) is 54.1 Å². The molecule has 4 heteroatoms. The van der Waals surface area contributed by atoms with E-state index in [-0.39, 0.29) is 0 Å². The van der Waals surface area contributed by atoms with Crippen LogP contribution in [0.4, 0.5) is 0 Å². The summed E-state index contributed by atoms with van der Waals surface area (Å²) in [5.74, 6) is -0.625. The van der Waals surface area contributed by atoms with E-state index in [1.165, 1.54) is 6.92 Å². The first-order chi connectivity index (χ1) is 10.5. The minimum Gasteiger partial charge on any atom is -0.452 e. The van der Waals surface area contributed by atoms with Gasteiger partial charge in [-0.25, -0.2) is 0 Å². The van der Waals surface area contributed by atoms with Crippen molar-refractivity contribution in [2.75, 3.05) is 13.2 Å². The Hall–Kier alpha value is -1.91. The first-order valence-electron chi connectivity index (χ1n) is 7.25. The van der Waals surface area contributed by atoms with Crippen molar-refractivity contribution in [2.24, 2.45) is 5.41 Å². The van der Waals surface area contributed by atoms with Crippen LogP contribution in [0.2, 0.25) is 0 Å². The number of allylic oxidation sites excluding steroid dienone is 3. The number of benzene rings is 1. The molecule has 0 saturated heterocycles. The molecule has 1 unspecified atom stereocenters. The molecule has 120 valence electrons. The van der Waals surface area contributed by atoms with Gasteiger partial charge in [0.15, 0.2) is 0 Å². The second-order valence-electron chi connectivity index (χ2n) is 5.51. The number of hydrogen-bond donors (Lipinski definition) is 2. The van der Waals surface area contributed by atoms with Crippen molar-refractivity contribution < 1.29 is 19.7 Å². The van der Waals surface area contributed by atoms with Crippen LogP contribution in [-0.4, -0.2) is 29.4 Å². The molecule has 0 saturated carbocycles. The zero-order chi connectivity index (χ0) is 16.6. The lowest BCUT2D eigenvalue weighted by molar-refractivity contribution is -0.164. The molecule has 1 aromatic carbocycles. The van der Waals surface area contributed by atoms with Crippen LogP contribution in [0, 0.1) is 5.41 Å². The molecule has 4 nitrogen and oxygen atoms in total. The average molecular weight is 304 g/mol. The molecule has 1 rings (SSSR count). The maximum absolute atomic E-state index is 12.3. The predicted molar refractivity (Wildman–Crippen MR) is 86.1 cm³/mol. The highest BCUT2D eigenvalue weighted by Gasteiger charge is 2.35. The Morgan fingerprint density at radius 3 is 2.36 bits per heavy atom. The van der Waals surface area contributed by atoms with Crippen LogP contribution in [0.1, 0.15) is 32.4 Å². The van der Waals surface area contributed by atoms with Crippen LogP contribution < -0.4 is 0 Å². The Morgan fingerprint density at radius 1 is 1.27 bits per heavy atom. The van der Waals surface area contributed by atoms with Crippen molar-refractivity contribution in [3.8, 4) is 0 Å². The van der Waals surface area contributed by atoms with E-state index >= 15 is 0 Å². The van der Waals surface area contributed by atoms with Crippen molar-refractivity contribution in [1.82, 2.24) is 0 Å². The smallest absolute Gasteiger partial charge is 0.317 e. The molecule has 2 N–H and O–H groups in total. The molecular formula is C18H24O4. The number of ether oxygens (including phenoxy) is 1. The average Bonchev–Trinajstić information content (AvgIpc) is 2.57. The van der Waals surface area contributed by atoms with Crippen molar-refractivity contribution in [3.63, 3.8) is 0 Å². The van der Waals surface area contributed by atoms with E-state index in [1.807, 2.05) is 62.4 Å². The fourth-order valence-electron chi connectivity index (χ4n) is 1.82. The molecule has 1 aromatic rings. The van der Waals surface area contributed by atoms with Gasteiger partial charge >= 0.3 is 5.97 Å². The van der Waals surface area contributed by atoms with Gasteiger partial charge in [0.05, 0.1) is 13.2 Å². The molecule has 0 aliphatic carbocycles. The number of carbonyl (C=O) groups is 1. The molecule has 0 heterocycles. The van der Waals surface area contributed by atoms with Gasteiger partial charge in [0.25, 0.3) is 0 Å². The summed E-state index contributed by atoms with van der Waals surface area (Å²) in [4.78, 5) is 12.3. The van der Waals surface area contributed by atoms with E-state index in [9.17, 15) is 15.0 Å². The number of aliphatic hydroxyl groups excluding tert-OH is 2. The molecular weight excluding hydrogens is 280 g/mol. The molecule has 22 heavy (non-hydrogen) atoms. The summed E-state index contributed by atoms with van der Waals surface area (Å²) in [5.41, 5.74) is 0.386. The normalized spacial score (nSPS) is 14.1. The molecule has 0 aliphatic heterocycles. The molecule has 0 radical (unpaired) electrons. The third kappa shape index (κ3) is 4.55. The molecule has 0 fully saturated rings. The van der Waals surface area contributed by atoms with Crippen molar-refractivity contribution in [2.45, 2.75) is 26.9 Å². The van der Waals surface area contributed by atoms with Gasteiger partial charge < -0.3 is 14.9 Å². The van der Waals surface area contributed by atoms with E-state index in [2.05, 4.69) is 0 Å². The fourth-order valence-corrected chi connectivity index (χ4v) is 1.82. The summed E-state index contributed by atoms with van der Waals surface area (Å²) >= 11 is 0. The van der Waals surface area contributed by atoms with E-state index in [0.29, 0.717) is 0 Å². The maximum atomic E-state index is 12.3. The maximum Gasteiger partial charge on any atom is 0.317 e. The predicted octanol–water partition coefficient (Wildman–Crippen LogP) is 2.78. The third-order valence-corrected chi connectivity index (χ3v) is 3.48. The Bertz CT molecular complexity index is 527. The Morgan fingerprint density at radius 2 is 1.86 bits per heavy atom. The topological polar surface area (TPSA) is 66.8 Å². The molecule has 0 amide bonds. The van der Waals surface area contributed by atoms with E-state index in [1.54, 1.807) is 0 Å². The molecule has 0 aliphatic rings. The SMILES string of the molecule is C/C=C\C=C(/C)C(OC(=O)C(C)(CO)CO)c1ccccc1. The third-order valence-electron chi connectivity index (χ3n) is 3.48. The van der Waals surface area contributed by atoms with Gasteiger partial charge in [0.2, 0.25) is 0 Å². The van der Waals surface area contributed by atoms with Gasteiger partial charge in [0.1, 0.15) is 11.5 Å². The molecule has 1 atom stereocenters. The zero-order valence-electron chi connectivity index (χ0n) is 13.3. The van der Waals surface area contributed by atoms with Gasteiger partial charge in [-0.1, -0.05) is 48.6 Å². The monoisotopic (exact) mass is 304 g/mol. The Balaban J connectivity index is 3.10. The van der Waals surface area contributed by atoms with Crippen molar-refractivity contribution in [3.05, 3.63) is 59.7 Å². The molecule has 0 bridgehead atoms. The quantitative estimate of drug-likeness (QED) is 0.600. The van der Waals surface area contributed by atoms with Crippen LogP contribution >= 0.6 is 0 Å². The minimum absolute atomic E-state index is 0.471. The molecule has 0 aromatic heterocycles. The number of hydrogen-bond acceptors (Lipinski definition) is 4. The van der Waals surface area contributed by atoms with Gasteiger partial charge in [-0.2, -0.15) is 0 Å². The van der Waals surface area contributed by atoms with E-state index in [0.717, 1.165) is 11.1 Å². The van der Waals surface area contributed by atoms with E-state index in [4.69, 9.17) is 4.74 Å². The lowest BCUT2D eigenvalue weighted by Gasteiger charge is -2.27. The highest BCUT2D eigenvalue weighted by Crippen LogP contribution is 2.29. The van der Waals surface area contributed by atoms with Gasteiger partial charge in [-0.05, 0) is 31.9 Å². The van der Waals surface area contributed by atoms with E-state index < -0.39 is 30.7 Å². The van der Waals surface area contributed by atoms with Crippen molar-refractivity contribution in [1.29, 1.82) is 0 Å². The van der Waals surface area contributed by atoms with Gasteiger partial charge in [0, 0.05) is 0 Å². The Labute approximate surface area is 131 Å². The summed E-state index contributed by atoms with van der Waals surface area (Å²) in [6, 6.07) is 9.38. The zero-order valence-corrected chi connectivity index (χ0v) is 13.3. The second-order valence-corrected chi connectivity index (χ2v) is 5.51. The highest BCUT2D eigenvalue weighted by atomic mass is 16.5. The van der Waals surface area contributed by atoms with Gasteiger partial charge in [-0.15, -0.1) is 0 Å². The summed E-state index contributed by atoms with van der Waals surface area (Å²) in [6.45, 7) is 4.31. The second kappa shape index (κ2) is 8.51.